The third-order valence-corrected chi connectivity index (χ3v) is 4.93. The van der Waals surface area contributed by atoms with Gasteiger partial charge in [0.25, 0.3) is 0 Å². The number of halogens is 1. The molecule has 1 aliphatic rings. The molecule has 0 aromatic carbocycles. The van der Waals surface area contributed by atoms with Gasteiger partial charge in [-0.25, -0.2) is 0 Å². The first-order chi connectivity index (χ1) is 9.17. The Morgan fingerprint density at radius 1 is 1.32 bits per heavy atom. The van der Waals surface area contributed by atoms with Crippen LogP contribution in [-0.4, -0.2) is 23.4 Å². The van der Waals surface area contributed by atoms with Gasteiger partial charge in [-0.1, -0.05) is 24.4 Å². The summed E-state index contributed by atoms with van der Waals surface area (Å²) in [6.45, 7) is 6.18. The largest absolute Gasteiger partial charge is 0.319 e. The predicted octanol–water partition coefficient (Wildman–Crippen LogP) is 3.43. The Morgan fingerprint density at radius 3 is 2.63 bits per heavy atom. The third-order valence-electron chi connectivity index (χ3n) is 4.44. The van der Waals surface area contributed by atoms with Crippen molar-refractivity contribution < 1.29 is 0 Å². The second kappa shape index (κ2) is 6.76. The van der Waals surface area contributed by atoms with E-state index in [0.29, 0.717) is 0 Å². The van der Waals surface area contributed by atoms with Crippen LogP contribution in [0.25, 0.3) is 0 Å². The summed E-state index contributed by atoms with van der Waals surface area (Å²) < 4.78 is 2.09. The van der Waals surface area contributed by atoms with Gasteiger partial charge in [-0.3, -0.25) is 4.68 Å². The highest BCUT2D eigenvalue weighted by Crippen LogP contribution is 2.34. The average molecular weight is 284 g/mol. The first-order valence-corrected chi connectivity index (χ1v) is 7.91. The van der Waals surface area contributed by atoms with Crippen molar-refractivity contribution in [2.24, 2.45) is 11.8 Å². The molecule has 1 saturated carbocycles. The molecule has 0 saturated heterocycles. The summed E-state index contributed by atoms with van der Waals surface area (Å²) >= 11 is 6.44. The average Bonchev–Trinajstić information content (AvgIpc) is 2.69. The molecule has 2 atom stereocenters. The summed E-state index contributed by atoms with van der Waals surface area (Å²) in [4.78, 5) is 0. The molecule has 1 N–H and O–H groups in total. The molecule has 1 heterocycles. The normalized spacial score (nSPS) is 23.8. The lowest BCUT2D eigenvalue weighted by Crippen LogP contribution is -2.30. The van der Waals surface area contributed by atoms with Crippen LogP contribution in [0.5, 0.6) is 0 Å². The highest BCUT2D eigenvalue weighted by Gasteiger charge is 2.27. The highest BCUT2D eigenvalue weighted by atomic mass is 35.5. The molecule has 0 bridgehead atoms. The second-order valence-electron chi connectivity index (χ2n) is 5.73. The fourth-order valence-electron chi connectivity index (χ4n) is 3.40. The maximum atomic E-state index is 6.44. The van der Waals surface area contributed by atoms with Crippen LogP contribution in [0.15, 0.2) is 0 Å². The topological polar surface area (TPSA) is 29.9 Å². The summed E-state index contributed by atoms with van der Waals surface area (Å²) in [6.07, 6.45) is 6.50. The fourth-order valence-corrected chi connectivity index (χ4v) is 3.61. The van der Waals surface area contributed by atoms with E-state index in [0.717, 1.165) is 42.1 Å². The summed E-state index contributed by atoms with van der Waals surface area (Å²) in [7, 11) is 2.05. The molecule has 1 fully saturated rings. The van der Waals surface area contributed by atoms with Gasteiger partial charge < -0.3 is 5.32 Å². The number of hydrogen-bond acceptors (Lipinski definition) is 2. The lowest BCUT2D eigenvalue weighted by atomic mass is 9.77. The Bertz CT molecular complexity index is 412. The van der Waals surface area contributed by atoms with Crippen LogP contribution in [-0.2, 0) is 13.0 Å². The van der Waals surface area contributed by atoms with Crippen LogP contribution in [0.4, 0.5) is 0 Å². The second-order valence-corrected chi connectivity index (χ2v) is 6.11. The van der Waals surface area contributed by atoms with E-state index < -0.39 is 0 Å². The van der Waals surface area contributed by atoms with Gasteiger partial charge in [-0.05, 0) is 58.5 Å². The maximum Gasteiger partial charge on any atom is 0.0847 e. The lowest BCUT2D eigenvalue weighted by molar-refractivity contribution is 0.228. The maximum absolute atomic E-state index is 6.44. The molecule has 0 radical (unpaired) electrons. The van der Waals surface area contributed by atoms with E-state index in [1.807, 2.05) is 6.92 Å². The minimum absolute atomic E-state index is 0.750. The van der Waals surface area contributed by atoms with E-state index >= 15 is 0 Å². The molecule has 19 heavy (non-hydrogen) atoms. The smallest absolute Gasteiger partial charge is 0.0847 e. The molecular formula is C15H26ClN3. The molecule has 0 amide bonds. The molecule has 0 spiro atoms. The number of hydrogen-bond donors (Lipinski definition) is 1. The van der Waals surface area contributed by atoms with Crippen LogP contribution in [0.2, 0.25) is 5.02 Å². The molecule has 1 aliphatic carbocycles. The fraction of sp³-hybridized carbons (Fsp3) is 0.800. The van der Waals surface area contributed by atoms with Crippen molar-refractivity contribution in [2.45, 2.75) is 52.5 Å². The molecule has 2 unspecified atom stereocenters. The van der Waals surface area contributed by atoms with Crippen LogP contribution in [0.1, 0.15) is 44.0 Å². The van der Waals surface area contributed by atoms with E-state index in [4.69, 9.17) is 11.6 Å². The zero-order valence-corrected chi connectivity index (χ0v) is 13.1. The SMILES string of the molecule is CCn1nc(C)c(Cl)c1CC1CCCCC1CNC. The number of nitrogens with one attached hydrogen (secondary N) is 1. The summed E-state index contributed by atoms with van der Waals surface area (Å²) in [5.74, 6) is 1.54. The molecular weight excluding hydrogens is 258 g/mol. The number of aryl methyl sites for hydroxylation is 2. The van der Waals surface area contributed by atoms with Gasteiger partial charge in [0.15, 0.2) is 0 Å². The van der Waals surface area contributed by atoms with Crippen LogP contribution >= 0.6 is 11.6 Å². The molecule has 4 heteroatoms. The summed E-state index contributed by atoms with van der Waals surface area (Å²) in [6, 6.07) is 0. The van der Waals surface area contributed by atoms with E-state index in [-0.39, 0.29) is 0 Å². The number of rotatable bonds is 5. The Kier molecular flexibility index (Phi) is 5.28. The van der Waals surface area contributed by atoms with Crippen molar-refractivity contribution in [2.75, 3.05) is 13.6 Å². The summed E-state index contributed by atoms with van der Waals surface area (Å²) in [5, 5.41) is 8.77. The Hall–Kier alpha value is -0.540. The van der Waals surface area contributed by atoms with Crippen LogP contribution < -0.4 is 5.32 Å². The minimum atomic E-state index is 0.750. The monoisotopic (exact) mass is 283 g/mol. The van der Waals surface area contributed by atoms with Gasteiger partial charge in [0, 0.05) is 6.54 Å². The van der Waals surface area contributed by atoms with Gasteiger partial charge in [0.1, 0.15) is 0 Å². The van der Waals surface area contributed by atoms with Crippen molar-refractivity contribution in [3.05, 3.63) is 16.4 Å². The van der Waals surface area contributed by atoms with Gasteiger partial charge in [-0.2, -0.15) is 5.10 Å². The van der Waals surface area contributed by atoms with Crippen LogP contribution in [0, 0.1) is 18.8 Å². The number of nitrogens with zero attached hydrogens (tertiary/aromatic N) is 2. The quantitative estimate of drug-likeness (QED) is 0.897. The van der Waals surface area contributed by atoms with E-state index in [1.54, 1.807) is 0 Å². The van der Waals surface area contributed by atoms with Crippen molar-refractivity contribution in [3.8, 4) is 0 Å². The Labute approximate surface area is 121 Å². The molecule has 1 aromatic heterocycles. The highest BCUT2D eigenvalue weighted by molar-refractivity contribution is 6.31. The molecule has 3 nitrogen and oxygen atoms in total. The standard InChI is InChI=1S/C15H26ClN3/c1-4-19-14(15(16)11(2)18-19)9-12-7-5-6-8-13(12)10-17-3/h12-13,17H,4-10H2,1-3H3. The van der Waals surface area contributed by atoms with Crippen LogP contribution in [0.3, 0.4) is 0 Å². The Balaban J connectivity index is 2.14. The first-order valence-electron chi connectivity index (χ1n) is 7.53. The van der Waals surface area contributed by atoms with Crippen molar-refractivity contribution in [1.29, 1.82) is 0 Å². The zero-order chi connectivity index (χ0) is 13.8. The molecule has 108 valence electrons. The van der Waals surface area contributed by atoms with Crippen molar-refractivity contribution in [1.82, 2.24) is 15.1 Å². The Morgan fingerprint density at radius 2 is 2.00 bits per heavy atom. The molecule has 2 rings (SSSR count). The van der Waals surface area contributed by atoms with Gasteiger partial charge in [-0.15, -0.1) is 0 Å². The molecule has 1 aromatic rings. The van der Waals surface area contributed by atoms with Gasteiger partial charge >= 0.3 is 0 Å². The zero-order valence-electron chi connectivity index (χ0n) is 12.4. The summed E-state index contributed by atoms with van der Waals surface area (Å²) in [5.41, 5.74) is 2.22. The van der Waals surface area contributed by atoms with Crippen molar-refractivity contribution in [3.63, 3.8) is 0 Å². The van der Waals surface area contributed by atoms with Gasteiger partial charge in [0.05, 0.1) is 16.4 Å². The van der Waals surface area contributed by atoms with Gasteiger partial charge in [0.2, 0.25) is 0 Å². The number of aromatic nitrogens is 2. The van der Waals surface area contributed by atoms with E-state index in [1.165, 1.54) is 31.4 Å². The minimum Gasteiger partial charge on any atom is -0.319 e. The third kappa shape index (κ3) is 3.32. The van der Waals surface area contributed by atoms with E-state index in [9.17, 15) is 0 Å². The van der Waals surface area contributed by atoms with Crippen molar-refractivity contribution >= 4 is 11.6 Å². The van der Waals surface area contributed by atoms with E-state index in [2.05, 4.69) is 29.1 Å². The lowest BCUT2D eigenvalue weighted by Gasteiger charge is -2.31. The molecule has 0 aliphatic heterocycles. The predicted molar refractivity (Wildman–Crippen MR) is 80.7 cm³/mol. The first kappa shape index (κ1) is 14.9.